The molecule has 3 heterocycles. The van der Waals surface area contributed by atoms with Crippen LogP contribution >= 0.6 is 11.6 Å². The Hall–Kier alpha value is -3.99. The van der Waals surface area contributed by atoms with Crippen LogP contribution in [-0.2, 0) is 27.5 Å². The van der Waals surface area contributed by atoms with Crippen molar-refractivity contribution in [2.24, 2.45) is 5.16 Å². The number of nitrogens with one attached hydrogen (secondary N) is 2. The normalized spacial score (nSPS) is 14.7. The van der Waals surface area contributed by atoms with Gasteiger partial charge in [-0.2, -0.15) is 5.10 Å². The number of methoxy groups -OCH3 is 2. The number of rotatable bonds is 9. The molecule has 0 bridgehead atoms. The van der Waals surface area contributed by atoms with Crippen molar-refractivity contribution in [3.63, 3.8) is 0 Å². The van der Waals surface area contributed by atoms with Crippen molar-refractivity contribution in [2.75, 3.05) is 19.5 Å². The number of hydrogen-bond acceptors (Lipinski definition) is 8. The molecule has 1 aromatic carbocycles. The van der Waals surface area contributed by atoms with Crippen molar-refractivity contribution in [2.45, 2.75) is 32.5 Å². The van der Waals surface area contributed by atoms with Crippen LogP contribution in [-0.4, -0.2) is 47.6 Å². The van der Waals surface area contributed by atoms with E-state index in [-0.39, 0.29) is 25.4 Å². The Balaban J connectivity index is 1.35. The van der Waals surface area contributed by atoms with Crippen LogP contribution in [0.2, 0.25) is 5.02 Å². The van der Waals surface area contributed by atoms with Gasteiger partial charge >= 0.3 is 0 Å². The van der Waals surface area contributed by atoms with E-state index in [0.29, 0.717) is 45.1 Å². The van der Waals surface area contributed by atoms with Gasteiger partial charge in [-0.3, -0.25) is 14.3 Å². The molecule has 12 heteroatoms. The van der Waals surface area contributed by atoms with Crippen molar-refractivity contribution in [1.82, 2.24) is 15.1 Å². The first-order valence-corrected chi connectivity index (χ1v) is 11.0. The predicted octanol–water partition coefficient (Wildman–Crippen LogP) is 2.90. The van der Waals surface area contributed by atoms with Gasteiger partial charge in [0.05, 0.1) is 37.8 Å². The summed E-state index contributed by atoms with van der Waals surface area (Å²) < 4.78 is 17.3. The number of anilines is 1. The van der Waals surface area contributed by atoms with Crippen molar-refractivity contribution in [1.29, 1.82) is 0 Å². The smallest absolute Gasteiger partial charge is 0.269 e. The molecular formula is C23H24ClN5O6. The number of amides is 2. The zero-order valence-corrected chi connectivity index (χ0v) is 20.1. The van der Waals surface area contributed by atoms with Gasteiger partial charge in [-0.15, -0.1) is 0 Å². The molecule has 2 amide bonds. The van der Waals surface area contributed by atoms with E-state index < -0.39 is 12.0 Å². The Labute approximate surface area is 206 Å². The fourth-order valence-corrected chi connectivity index (χ4v) is 3.73. The SMILES string of the molecule is COc1cc(OC)c(C2=NO[C@H](C(=O)Nc3cc(C)n(CC(=O)NCc4ccco4)n3)C2)cc1Cl. The molecule has 0 fully saturated rings. The van der Waals surface area contributed by atoms with Gasteiger partial charge in [0.25, 0.3) is 5.91 Å². The zero-order chi connectivity index (χ0) is 24.9. The number of aromatic nitrogens is 2. The van der Waals surface area contributed by atoms with Gasteiger partial charge in [0, 0.05) is 29.8 Å². The van der Waals surface area contributed by atoms with Crippen LogP contribution in [0, 0.1) is 6.92 Å². The van der Waals surface area contributed by atoms with Crippen LogP contribution in [0.4, 0.5) is 5.82 Å². The molecule has 184 valence electrons. The van der Waals surface area contributed by atoms with E-state index >= 15 is 0 Å². The van der Waals surface area contributed by atoms with E-state index in [9.17, 15) is 9.59 Å². The monoisotopic (exact) mass is 501 g/mol. The molecule has 0 spiro atoms. The summed E-state index contributed by atoms with van der Waals surface area (Å²) in [6.45, 7) is 2.06. The minimum absolute atomic E-state index is 0.00633. The number of nitrogens with zero attached hydrogens (tertiary/aromatic N) is 3. The molecule has 11 nitrogen and oxygen atoms in total. The zero-order valence-electron chi connectivity index (χ0n) is 19.3. The maximum atomic E-state index is 12.8. The van der Waals surface area contributed by atoms with Crippen LogP contribution < -0.4 is 20.1 Å². The highest BCUT2D eigenvalue weighted by atomic mass is 35.5. The summed E-state index contributed by atoms with van der Waals surface area (Å²) in [5.41, 5.74) is 1.83. The third-order valence-corrected chi connectivity index (χ3v) is 5.61. The summed E-state index contributed by atoms with van der Waals surface area (Å²) >= 11 is 6.24. The molecule has 1 aliphatic heterocycles. The van der Waals surface area contributed by atoms with Crippen molar-refractivity contribution in [3.05, 3.63) is 58.6 Å². The summed E-state index contributed by atoms with van der Waals surface area (Å²) in [6, 6.07) is 8.49. The largest absolute Gasteiger partial charge is 0.496 e. The highest BCUT2D eigenvalue weighted by Gasteiger charge is 2.31. The van der Waals surface area contributed by atoms with Crippen LogP contribution in [0.15, 0.2) is 46.2 Å². The van der Waals surface area contributed by atoms with Crippen molar-refractivity contribution >= 4 is 34.9 Å². The molecule has 1 atom stereocenters. The summed E-state index contributed by atoms with van der Waals surface area (Å²) in [7, 11) is 3.02. The lowest BCUT2D eigenvalue weighted by Crippen LogP contribution is -2.29. The lowest BCUT2D eigenvalue weighted by Gasteiger charge is -2.11. The Morgan fingerprint density at radius 3 is 2.74 bits per heavy atom. The van der Waals surface area contributed by atoms with E-state index in [1.54, 1.807) is 43.5 Å². The lowest BCUT2D eigenvalue weighted by atomic mass is 10.0. The molecule has 4 rings (SSSR count). The Morgan fingerprint density at radius 1 is 1.23 bits per heavy atom. The van der Waals surface area contributed by atoms with E-state index in [0.717, 1.165) is 0 Å². The molecule has 0 saturated heterocycles. The number of halogens is 1. The molecule has 0 radical (unpaired) electrons. The van der Waals surface area contributed by atoms with E-state index in [1.165, 1.54) is 18.9 Å². The van der Waals surface area contributed by atoms with Crippen LogP contribution in [0.3, 0.4) is 0 Å². The van der Waals surface area contributed by atoms with E-state index in [4.69, 9.17) is 30.3 Å². The maximum absolute atomic E-state index is 12.8. The first-order chi connectivity index (χ1) is 16.9. The Morgan fingerprint density at radius 2 is 2.03 bits per heavy atom. The molecule has 0 saturated carbocycles. The molecule has 3 aromatic rings. The van der Waals surface area contributed by atoms with Gasteiger partial charge in [0.2, 0.25) is 12.0 Å². The average molecular weight is 502 g/mol. The first kappa shape index (κ1) is 24.1. The minimum Gasteiger partial charge on any atom is -0.496 e. The van der Waals surface area contributed by atoms with Crippen LogP contribution in [0.5, 0.6) is 11.5 Å². The topological polar surface area (TPSA) is 129 Å². The number of hydrogen-bond donors (Lipinski definition) is 2. The number of oxime groups is 1. The quantitative estimate of drug-likeness (QED) is 0.461. The molecule has 2 aromatic heterocycles. The second-order valence-electron chi connectivity index (χ2n) is 7.70. The van der Waals surface area contributed by atoms with E-state index in [2.05, 4.69) is 20.9 Å². The van der Waals surface area contributed by atoms with Crippen LogP contribution in [0.25, 0.3) is 0 Å². The van der Waals surface area contributed by atoms with E-state index in [1.807, 2.05) is 0 Å². The second-order valence-corrected chi connectivity index (χ2v) is 8.10. The molecule has 2 N–H and O–H groups in total. The van der Waals surface area contributed by atoms with Gasteiger partial charge in [-0.25, -0.2) is 0 Å². The number of ether oxygens (including phenoxy) is 2. The summed E-state index contributed by atoms with van der Waals surface area (Å²) in [6.07, 6.45) is 0.885. The minimum atomic E-state index is -0.863. The molecular weight excluding hydrogens is 478 g/mol. The number of furan rings is 1. The molecule has 1 aliphatic rings. The maximum Gasteiger partial charge on any atom is 0.269 e. The predicted molar refractivity (Wildman–Crippen MR) is 127 cm³/mol. The summed E-state index contributed by atoms with van der Waals surface area (Å²) in [5.74, 6) is 1.24. The molecule has 35 heavy (non-hydrogen) atoms. The number of benzene rings is 1. The molecule has 0 aliphatic carbocycles. The highest BCUT2D eigenvalue weighted by molar-refractivity contribution is 6.32. The summed E-state index contributed by atoms with van der Waals surface area (Å²) in [5, 5.41) is 14.2. The Kier molecular flexibility index (Phi) is 7.25. The standard InChI is InChI=1S/C23H24ClN5O6/c1-13-7-21(27-29(13)12-22(30)25-11-14-5-4-6-34-14)26-23(31)20-9-17(28-35-20)15-8-16(24)19(33-3)10-18(15)32-2/h4-8,10,20H,9,11-12H2,1-3H3,(H,25,30)(H,26,27,31)/t20-/m0/s1. The highest BCUT2D eigenvalue weighted by Crippen LogP contribution is 2.34. The Bertz CT molecular complexity index is 1250. The van der Waals surface area contributed by atoms with Gasteiger partial charge in [-0.05, 0) is 25.1 Å². The van der Waals surface area contributed by atoms with Crippen molar-refractivity contribution < 1.29 is 28.3 Å². The summed E-state index contributed by atoms with van der Waals surface area (Å²) in [4.78, 5) is 30.3. The van der Waals surface area contributed by atoms with Gasteiger partial charge in [0.15, 0.2) is 5.82 Å². The lowest BCUT2D eigenvalue weighted by molar-refractivity contribution is -0.125. The van der Waals surface area contributed by atoms with Gasteiger partial charge < -0.3 is 29.4 Å². The molecule has 0 unspecified atom stereocenters. The first-order valence-electron chi connectivity index (χ1n) is 10.7. The fourth-order valence-electron chi connectivity index (χ4n) is 3.49. The number of carbonyl (C=O) groups excluding carboxylic acids is 2. The van der Waals surface area contributed by atoms with Crippen LogP contribution in [0.1, 0.15) is 23.4 Å². The number of carbonyl (C=O) groups is 2. The fraction of sp³-hybridized carbons (Fsp3) is 0.304. The van der Waals surface area contributed by atoms with Gasteiger partial charge in [0.1, 0.15) is 23.8 Å². The average Bonchev–Trinajstić information content (AvgIpc) is 3.60. The second kappa shape index (κ2) is 10.5. The van der Waals surface area contributed by atoms with Crippen molar-refractivity contribution in [3.8, 4) is 11.5 Å². The third-order valence-electron chi connectivity index (χ3n) is 5.31. The van der Waals surface area contributed by atoms with Gasteiger partial charge in [-0.1, -0.05) is 16.8 Å². The third kappa shape index (κ3) is 5.57. The number of aryl methyl sites for hydroxylation is 1.